The minimum absolute atomic E-state index is 0.411. The summed E-state index contributed by atoms with van der Waals surface area (Å²) in [4.78, 5) is 12.4. The Hall–Kier alpha value is -3.64. The topological polar surface area (TPSA) is 51.2 Å². The van der Waals surface area contributed by atoms with Gasteiger partial charge in [0.15, 0.2) is 5.82 Å². The average molecular weight is 493 g/mol. The molecule has 5 heterocycles. The number of anilines is 1. The lowest BCUT2D eigenvalue weighted by atomic mass is 9.76. The van der Waals surface area contributed by atoms with Crippen LogP contribution >= 0.6 is 11.6 Å². The van der Waals surface area contributed by atoms with E-state index in [0.717, 1.165) is 57.7 Å². The number of aryl methyl sites for hydroxylation is 1. The molecule has 36 heavy (non-hydrogen) atoms. The molecule has 1 aliphatic carbocycles. The third-order valence-electron chi connectivity index (χ3n) is 8.48. The maximum atomic E-state index is 6.87. The number of benzene rings is 2. The lowest BCUT2D eigenvalue weighted by Gasteiger charge is -2.39. The van der Waals surface area contributed by atoms with Crippen molar-refractivity contribution in [3.63, 3.8) is 0 Å². The second kappa shape index (κ2) is 7.20. The van der Waals surface area contributed by atoms with E-state index in [0.29, 0.717) is 10.4 Å². The first-order valence-corrected chi connectivity index (χ1v) is 13.0. The molecule has 1 fully saturated rings. The molecule has 0 atom stereocenters. The Bertz CT molecular complexity index is 1760. The molecule has 7 heteroatoms. The van der Waals surface area contributed by atoms with Gasteiger partial charge in [0, 0.05) is 42.8 Å². The Morgan fingerprint density at radius 2 is 1.67 bits per heavy atom. The predicted molar refractivity (Wildman–Crippen MR) is 144 cm³/mol. The fourth-order valence-electron chi connectivity index (χ4n) is 6.64. The lowest BCUT2D eigenvalue weighted by Crippen LogP contribution is -2.40. The second-order valence-electron chi connectivity index (χ2n) is 10.6. The highest BCUT2D eigenvalue weighted by Gasteiger charge is 2.40. The van der Waals surface area contributed by atoms with Crippen molar-refractivity contribution >= 4 is 45.1 Å². The molecule has 0 radical (unpaired) electrons. The number of aromatic nitrogens is 5. The Balaban J connectivity index is 1.15. The van der Waals surface area contributed by atoms with E-state index in [1.807, 2.05) is 31.6 Å². The van der Waals surface area contributed by atoms with Crippen molar-refractivity contribution in [2.24, 2.45) is 12.5 Å². The van der Waals surface area contributed by atoms with Crippen LogP contribution in [-0.2, 0) is 19.9 Å². The van der Waals surface area contributed by atoms with Gasteiger partial charge in [0.2, 0.25) is 0 Å². The predicted octanol–water partition coefficient (Wildman–Crippen LogP) is 5.91. The van der Waals surface area contributed by atoms with Crippen molar-refractivity contribution < 1.29 is 0 Å². The molecule has 1 saturated heterocycles. The fourth-order valence-corrected chi connectivity index (χ4v) is 6.95. The number of fused-ring (bicyclic) bond motifs is 2. The van der Waals surface area contributed by atoms with Gasteiger partial charge in [-0.1, -0.05) is 41.9 Å². The average Bonchev–Trinajstić information content (AvgIpc) is 3.65. The number of piperidine rings is 1. The number of nitrogens with zero attached hydrogens (tertiary/aromatic N) is 6. The molecule has 8 rings (SSSR count). The van der Waals surface area contributed by atoms with Gasteiger partial charge < -0.3 is 4.90 Å². The molecule has 178 valence electrons. The molecule has 0 bridgehead atoms. The number of halogens is 1. The quantitative estimate of drug-likeness (QED) is 0.301. The third kappa shape index (κ3) is 2.82. The summed E-state index contributed by atoms with van der Waals surface area (Å²) in [7, 11) is 1.92. The molecule has 0 amide bonds. The van der Waals surface area contributed by atoms with Crippen LogP contribution in [0.1, 0.15) is 24.0 Å². The molecule has 6 aromatic rings. The van der Waals surface area contributed by atoms with Crippen molar-refractivity contribution in [1.82, 2.24) is 24.1 Å². The Morgan fingerprint density at radius 1 is 0.917 bits per heavy atom. The number of pyridine rings is 1. The van der Waals surface area contributed by atoms with Gasteiger partial charge in [0.1, 0.15) is 16.8 Å². The molecule has 0 saturated carbocycles. The van der Waals surface area contributed by atoms with Crippen LogP contribution in [0.3, 0.4) is 0 Å². The molecule has 1 aliphatic heterocycles. The smallest absolute Gasteiger partial charge is 0.157 e. The van der Waals surface area contributed by atoms with Crippen LogP contribution in [-0.4, -0.2) is 37.2 Å². The molecular weight excluding hydrogens is 468 g/mol. The molecular formula is C29H25ClN6. The van der Waals surface area contributed by atoms with Gasteiger partial charge in [-0.2, -0.15) is 5.10 Å². The summed E-state index contributed by atoms with van der Waals surface area (Å²) in [5.41, 5.74) is 9.28. The van der Waals surface area contributed by atoms with Crippen LogP contribution < -0.4 is 4.90 Å². The van der Waals surface area contributed by atoms with E-state index in [1.165, 1.54) is 25.7 Å². The largest absolute Gasteiger partial charge is 0.355 e. The van der Waals surface area contributed by atoms with Gasteiger partial charge in [-0.05, 0) is 60.4 Å². The maximum Gasteiger partial charge on any atom is 0.157 e. The maximum absolute atomic E-state index is 6.87. The summed E-state index contributed by atoms with van der Waals surface area (Å²) in [6, 6.07) is 17.2. The van der Waals surface area contributed by atoms with E-state index >= 15 is 0 Å². The Morgan fingerprint density at radius 3 is 2.44 bits per heavy atom. The standard InChI is InChI=1S/C29H25ClN6/c1-34-17-22-23(33-34)8-6-20(26(22)30)21-7-9-25-32-28(24-16-31-27(21)36(24)25)35-12-10-29(11-13-35)14-18-4-2-3-5-19(18)15-29/h2-9,16-17H,10-15H2,1H3. The first-order valence-electron chi connectivity index (χ1n) is 12.6. The van der Waals surface area contributed by atoms with Gasteiger partial charge in [-0.25, -0.2) is 9.97 Å². The van der Waals surface area contributed by atoms with E-state index in [-0.39, 0.29) is 0 Å². The van der Waals surface area contributed by atoms with Crippen LogP contribution in [0, 0.1) is 5.41 Å². The van der Waals surface area contributed by atoms with Crippen molar-refractivity contribution in [1.29, 1.82) is 0 Å². The summed E-state index contributed by atoms with van der Waals surface area (Å²) in [6.07, 6.45) is 8.77. The van der Waals surface area contributed by atoms with E-state index in [1.54, 1.807) is 15.8 Å². The van der Waals surface area contributed by atoms with Gasteiger partial charge in [-0.15, -0.1) is 0 Å². The number of imidazole rings is 2. The highest BCUT2D eigenvalue weighted by Crippen LogP contribution is 2.46. The number of rotatable bonds is 2. The van der Waals surface area contributed by atoms with E-state index in [9.17, 15) is 0 Å². The zero-order valence-electron chi connectivity index (χ0n) is 20.1. The fraction of sp³-hybridized carbons (Fsp3) is 0.276. The van der Waals surface area contributed by atoms with E-state index in [2.05, 4.69) is 50.8 Å². The molecule has 4 aromatic heterocycles. The van der Waals surface area contributed by atoms with Gasteiger partial charge in [-0.3, -0.25) is 9.08 Å². The van der Waals surface area contributed by atoms with Crippen molar-refractivity contribution in [2.45, 2.75) is 25.7 Å². The zero-order valence-corrected chi connectivity index (χ0v) is 20.8. The van der Waals surface area contributed by atoms with Gasteiger partial charge in [0.25, 0.3) is 0 Å². The van der Waals surface area contributed by atoms with Crippen LogP contribution in [0.2, 0.25) is 5.02 Å². The highest BCUT2D eigenvalue weighted by molar-refractivity contribution is 6.38. The van der Waals surface area contributed by atoms with Gasteiger partial charge >= 0.3 is 0 Å². The van der Waals surface area contributed by atoms with Crippen LogP contribution in [0.5, 0.6) is 0 Å². The molecule has 0 unspecified atom stereocenters. The number of hydrogen-bond acceptors (Lipinski definition) is 4. The molecule has 0 N–H and O–H groups in total. The van der Waals surface area contributed by atoms with Gasteiger partial charge in [0.05, 0.1) is 16.7 Å². The summed E-state index contributed by atoms with van der Waals surface area (Å²) in [6.45, 7) is 2.06. The number of hydrogen-bond donors (Lipinski definition) is 0. The normalized spacial score (nSPS) is 17.2. The van der Waals surface area contributed by atoms with E-state index < -0.39 is 0 Å². The van der Waals surface area contributed by atoms with Crippen LogP contribution in [0.15, 0.2) is 60.9 Å². The zero-order chi connectivity index (χ0) is 24.0. The molecule has 2 aliphatic rings. The minimum Gasteiger partial charge on any atom is -0.355 e. The molecule has 6 nitrogen and oxygen atoms in total. The monoisotopic (exact) mass is 492 g/mol. The van der Waals surface area contributed by atoms with Crippen molar-refractivity contribution in [3.05, 3.63) is 77.1 Å². The molecule has 1 spiro atoms. The summed E-state index contributed by atoms with van der Waals surface area (Å²) >= 11 is 6.87. The minimum atomic E-state index is 0.411. The summed E-state index contributed by atoms with van der Waals surface area (Å²) in [5, 5.41) is 6.15. The van der Waals surface area contributed by atoms with Crippen LogP contribution in [0.4, 0.5) is 5.82 Å². The summed E-state index contributed by atoms with van der Waals surface area (Å²) < 4.78 is 3.98. The summed E-state index contributed by atoms with van der Waals surface area (Å²) in [5.74, 6) is 1.05. The van der Waals surface area contributed by atoms with Crippen molar-refractivity contribution in [3.8, 4) is 11.1 Å². The third-order valence-corrected chi connectivity index (χ3v) is 8.89. The highest BCUT2D eigenvalue weighted by atomic mass is 35.5. The first-order chi connectivity index (χ1) is 17.6. The SMILES string of the molecule is Cn1cc2c(Cl)c(-c3ccc4nc(N5CCC6(CC5)Cc5ccccc5C6)c5cnc3n45)ccc2n1. The lowest BCUT2D eigenvalue weighted by molar-refractivity contribution is 0.232. The van der Waals surface area contributed by atoms with Crippen molar-refractivity contribution in [2.75, 3.05) is 18.0 Å². The Kier molecular flexibility index (Phi) is 4.11. The van der Waals surface area contributed by atoms with Crippen LogP contribution in [0.25, 0.3) is 38.8 Å². The first kappa shape index (κ1) is 20.5. The van der Waals surface area contributed by atoms with E-state index in [4.69, 9.17) is 21.6 Å². The Labute approximate surface area is 213 Å². The molecule has 2 aromatic carbocycles. The second-order valence-corrected chi connectivity index (χ2v) is 11.0.